The van der Waals surface area contributed by atoms with E-state index in [0.29, 0.717) is 18.5 Å². The first-order chi connectivity index (χ1) is 8.68. The lowest BCUT2D eigenvalue weighted by Crippen LogP contribution is -2.42. The van der Waals surface area contributed by atoms with Crippen LogP contribution in [0.4, 0.5) is 5.69 Å². The standard InChI is InChI=1S/C17H30N2/c1-12(2)16(11-18)19(7)15-9-8-14(10-13(15)3)17(4,5)6/h8-10,12,16H,11,18H2,1-7H3. The molecule has 1 aromatic carbocycles. The lowest BCUT2D eigenvalue weighted by Gasteiger charge is -2.34. The molecule has 2 heteroatoms. The summed E-state index contributed by atoms with van der Waals surface area (Å²) in [5.41, 5.74) is 10.1. The Morgan fingerprint density at radius 3 is 2.16 bits per heavy atom. The van der Waals surface area contributed by atoms with E-state index in [4.69, 9.17) is 5.73 Å². The van der Waals surface area contributed by atoms with Crippen molar-refractivity contribution in [2.75, 3.05) is 18.5 Å². The van der Waals surface area contributed by atoms with Crippen molar-refractivity contribution in [2.45, 2.75) is 53.0 Å². The third-order valence-electron chi connectivity index (χ3n) is 3.95. The summed E-state index contributed by atoms with van der Waals surface area (Å²) in [7, 11) is 2.15. The summed E-state index contributed by atoms with van der Waals surface area (Å²) >= 11 is 0. The number of nitrogens with zero attached hydrogens (tertiary/aromatic N) is 1. The first-order valence-corrected chi connectivity index (χ1v) is 7.22. The minimum Gasteiger partial charge on any atom is -0.370 e. The number of rotatable bonds is 4. The van der Waals surface area contributed by atoms with Crippen LogP contribution in [-0.4, -0.2) is 19.6 Å². The van der Waals surface area contributed by atoms with Crippen molar-refractivity contribution in [3.63, 3.8) is 0 Å². The normalized spacial score (nSPS) is 13.7. The molecular weight excluding hydrogens is 232 g/mol. The molecular formula is C17H30N2. The Balaban J connectivity index is 3.09. The molecule has 0 aliphatic heterocycles. The molecule has 0 bridgehead atoms. The van der Waals surface area contributed by atoms with E-state index in [9.17, 15) is 0 Å². The second kappa shape index (κ2) is 5.96. The highest BCUT2D eigenvalue weighted by Gasteiger charge is 2.20. The number of anilines is 1. The molecule has 19 heavy (non-hydrogen) atoms. The van der Waals surface area contributed by atoms with Gasteiger partial charge in [-0.05, 0) is 35.4 Å². The van der Waals surface area contributed by atoms with E-state index < -0.39 is 0 Å². The van der Waals surface area contributed by atoms with Gasteiger partial charge in [0.1, 0.15) is 0 Å². The fourth-order valence-electron chi connectivity index (χ4n) is 2.57. The molecule has 1 rings (SSSR count). The van der Waals surface area contributed by atoms with Gasteiger partial charge in [0.2, 0.25) is 0 Å². The maximum atomic E-state index is 5.92. The second-order valence-corrected chi connectivity index (χ2v) is 6.91. The zero-order valence-electron chi connectivity index (χ0n) is 13.6. The monoisotopic (exact) mass is 262 g/mol. The Morgan fingerprint density at radius 2 is 1.79 bits per heavy atom. The fraction of sp³-hybridized carbons (Fsp3) is 0.647. The molecule has 0 aliphatic carbocycles. The lowest BCUT2D eigenvalue weighted by molar-refractivity contribution is 0.479. The van der Waals surface area contributed by atoms with Crippen molar-refractivity contribution in [1.29, 1.82) is 0 Å². The summed E-state index contributed by atoms with van der Waals surface area (Å²) in [5.74, 6) is 0.552. The quantitative estimate of drug-likeness (QED) is 0.896. The van der Waals surface area contributed by atoms with E-state index >= 15 is 0 Å². The average molecular weight is 262 g/mol. The van der Waals surface area contributed by atoms with E-state index in [1.54, 1.807) is 0 Å². The van der Waals surface area contributed by atoms with Crippen LogP contribution in [0.1, 0.15) is 45.7 Å². The predicted molar refractivity (Wildman–Crippen MR) is 86.0 cm³/mol. The maximum absolute atomic E-state index is 5.92. The summed E-state index contributed by atoms with van der Waals surface area (Å²) in [4.78, 5) is 2.33. The topological polar surface area (TPSA) is 29.3 Å². The van der Waals surface area contributed by atoms with Gasteiger partial charge in [0, 0.05) is 25.3 Å². The van der Waals surface area contributed by atoms with Crippen LogP contribution in [0.15, 0.2) is 18.2 Å². The number of hydrogen-bond donors (Lipinski definition) is 1. The number of hydrogen-bond acceptors (Lipinski definition) is 2. The van der Waals surface area contributed by atoms with Crippen LogP contribution >= 0.6 is 0 Å². The smallest absolute Gasteiger partial charge is 0.0432 e. The van der Waals surface area contributed by atoms with Gasteiger partial charge in [-0.3, -0.25) is 0 Å². The minimum atomic E-state index is 0.202. The van der Waals surface area contributed by atoms with Gasteiger partial charge in [0.05, 0.1) is 0 Å². The lowest BCUT2D eigenvalue weighted by atomic mass is 9.86. The Kier molecular flexibility index (Phi) is 5.03. The van der Waals surface area contributed by atoms with Crippen LogP contribution in [-0.2, 0) is 5.41 Å². The fourth-order valence-corrected chi connectivity index (χ4v) is 2.57. The molecule has 1 unspecified atom stereocenters. The van der Waals surface area contributed by atoms with Crippen molar-refractivity contribution < 1.29 is 0 Å². The van der Waals surface area contributed by atoms with Gasteiger partial charge in [-0.25, -0.2) is 0 Å². The number of nitrogens with two attached hydrogens (primary N) is 1. The van der Waals surface area contributed by atoms with Crippen molar-refractivity contribution in [2.24, 2.45) is 11.7 Å². The molecule has 0 aromatic heterocycles. The van der Waals surface area contributed by atoms with Gasteiger partial charge < -0.3 is 10.6 Å². The molecule has 0 fully saturated rings. The number of likely N-dealkylation sites (N-methyl/N-ethyl adjacent to an activating group) is 1. The zero-order chi connectivity index (χ0) is 14.8. The van der Waals surface area contributed by atoms with Gasteiger partial charge in [-0.2, -0.15) is 0 Å². The third kappa shape index (κ3) is 3.73. The average Bonchev–Trinajstić information content (AvgIpc) is 2.27. The van der Waals surface area contributed by atoms with Crippen LogP contribution in [0.3, 0.4) is 0 Å². The molecule has 2 N–H and O–H groups in total. The summed E-state index contributed by atoms with van der Waals surface area (Å²) in [6.07, 6.45) is 0. The summed E-state index contributed by atoms with van der Waals surface area (Å²) in [6, 6.07) is 7.17. The Labute approximate surface area is 119 Å². The van der Waals surface area contributed by atoms with Gasteiger partial charge >= 0.3 is 0 Å². The molecule has 1 aromatic rings. The van der Waals surface area contributed by atoms with Crippen molar-refractivity contribution in [3.8, 4) is 0 Å². The van der Waals surface area contributed by atoms with Crippen molar-refractivity contribution >= 4 is 5.69 Å². The van der Waals surface area contributed by atoms with Crippen LogP contribution in [0, 0.1) is 12.8 Å². The molecule has 1 atom stereocenters. The van der Waals surface area contributed by atoms with E-state index in [-0.39, 0.29) is 5.41 Å². The maximum Gasteiger partial charge on any atom is 0.0432 e. The summed E-state index contributed by atoms with van der Waals surface area (Å²) in [6.45, 7) is 14.1. The first kappa shape index (κ1) is 16.0. The zero-order valence-corrected chi connectivity index (χ0v) is 13.6. The second-order valence-electron chi connectivity index (χ2n) is 6.91. The van der Waals surface area contributed by atoms with Gasteiger partial charge in [-0.15, -0.1) is 0 Å². The van der Waals surface area contributed by atoms with Crippen LogP contribution in [0.2, 0.25) is 0 Å². The molecule has 0 saturated carbocycles. The summed E-state index contributed by atoms with van der Waals surface area (Å²) < 4.78 is 0. The Hall–Kier alpha value is -1.02. The van der Waals surface area contributed by atoms with Crippen LogP contribution in [0.5, 0.6) is 0 Å². The highest BCUT2D eigenvalue weighted by molar-refractivity contribution is 5.55. The Morgan fingerprint density at radius 1 is 1.21 bits per heavy atom. The van der Waals surface area contributed by atoms with E-state index in [2.05, 4.69) is 71.7 Å². The van der Waals surface area contributed by atoms with Crippen LogP contribution < -0.4 is 10.6 Å². The van der Waals surface area contributed by atoms with Gasteiger partial charge in [-0.1, -0.05) is 46.8 Å². The largest absolute Gasteiger partial charge is 0.370 e. The highest BCUT2D eigenvalue weighted by Crippen LogP contribution is 2.29. The molecule has 0 heterocycles. The van der Waals surface area contributed by atoms with E-state index in [1.807, 2.05) is 0 Å². The van der Waals surface area contributed by atoms with E-state index in [1.165, 1.54) is 16.8 Å². The molecule has 0 saturated heterocycles. The molecule has 0 spiro atoms. The number of benzene rings is 1. The third-order valence-corrected chi connectivity index (χ3v) is 3.95. The number of aryl methyl sites for hydroxylation is 1. The molecule has 108 valence electrons. The Bertz CT molecular complexity index is 416. The first-order valence-electron chi connectivity index (χ1n) is 7.22. The minimum absolute atomic E-state index is 0.202. The SMILES string of the molecule is Cc1cc(C(C)(C)C)ccc1N(C)C(CN)C(C)C. The molecule has 0 aliphatic rings. The van der Waals surface area contributed by atoms with Gasteiger partial charge in [0.25, 0.3) is 0 Å². The van der Waals surface area contributed by atoms with Gasteiger partial charge in [0.15, 0.2) is 0 Å². The van der Waals surface area contributed by atoms with Crippen molar-refractivity contribution in [3.05, 3.63) is 29.3 Å². The highest BCUT2D eigenvalue weighted by atomic mass is 15.1. The molecule has 2 nitrogen and oxygen atoms in total. The van der Waals surface area contributed by atoms with E-state index in [0.717, 1.165) is 0 Å². The molecule has 0 radical (unpaired) electrons. The summed E-state index contributed by atoms with van der Waals surface area (Å²) in [5, 5.41) is 0. The van der Waals surface area contributed by atoms with Crippen LogP contribution in [0.25, 0.3) is 0 Å². The predicted octanol–water partition coefficient (Wildman–Crippen LogP) is 3.71. The molecule has 0 amide bonds. The van der Waals surface area contributed by atoms with Crippen molar-refractivity contribution in [1.82, 2.24) is 0 Å².